The molecule has 0 saturated carbocycles. The first-order valence-electron chi connectivity index (χ1n) is 9.91. The zero-order valence-electron chi connectivity index (χ0n) is 16.8. The molecule has 0 fully saturated rings. The summed E-state index contributed by atoms with van der Waals surface area (Å²) in [6.45, 7) is 2.13. The lowest BCUT2D eigenvalue weighted by molar-refractivity contribution is 0.514. The SMILES string of the molecule is CCCc1nnc(N[C@@H](CC2=CCC(NS(=O)[O-])C=C2)c2csc(-c3cccs3)n2)s1. The molecule has 1 aliphatic rings. The number of aryl methyl sites for hydroxylation is 1. The van der Waals surface area contributed by atoms with Gasteiger partial charge in [0.15, 0.2) is 0 Å². The third-order valence-corrected chi connectivity index (χ3v) is 8.01. The molecule has 3 heterocycles. The normalized spacial score (nSPS) is 18.0. The summed E-state index contributed by atoms with van der Waals surface area (Å²) < 4.78 is 24.2. The maximum Gasteiger partial charge on any atom is 0.206 e. The summed E-state index contributed by atoms with van der Waals surface area (Å²) in [6, 6.07) is 3.86. The summed E-state index contributed by atoms with van der Waals surface area (Å²) in [6.07, 6.45) is 9.27. The van der Waals surface area contributed by atoms with Crippen LogP contribution in [0, 0.1) is 0 Å². The van der Waals surface area contributed by atoms with Gasteiger partial charge in [-0.05, 0) is 36.3 Å². The van der Waals surface area contributed by atoms with Crippen LogP contribution in [-0.2, 0) is 17.7 Å². The number of hydrogen-bond donors (Lipinski definition) is 2. The zero-order chi connectivity index (χ0) is 21.6. The lowest BCUT2D eigenvalue weighted by Crippen LogP contribution is -2.29. The van der Waals surface area contributed by atoms with Crippen LogP contribution in [0.4, 0.5) is 5.13 Å². The Morgan fingerprint density at radius 2 is 2.26 bits per heavy atom. The molecule has 2 unspecified atom stereocenters. The van der Waals surface area contributed by atoms with E-state index in [9.17, 15) is 8.76 Å². The first-order chi connectivity index (χ1) is 15.1. The van der Waals surface area contributed by atoms with Gasteiger partial charge in [0, 0.05) is 29.1 Å². The van der Waals surface area contributed by atoms with E-state index in [4.69, 9.17) is 4.98 Å². The third-order valence-electron chi connectivity index (χ3n) is 4.70. The second kappa shape index (κ2) is 10.7. The Hall–Kier alpha value is -1.76. The summed E-state index contributed by atoms with van der Waals surface area (Å²) in [5.74, 6) is 0. The van der Waals surface area contributed by atoms with Gasteiger partial charge in [0.05, 0.1) is 16.6 Å². The third kappa shape index (κ3) is 6.15. The minimum absolute atomic E-state index is 0.0542. The van der Waals surface area contributed by atoms with Gasteiger partial charge in [-0.2, -0.15) is 0 Å². The molecule has 3 aromatic heterocycles. The van der Waals surface area contributed by atoms with Crippen molar-refractivity contribution in [1.29, 1.82) is 0 Å². The molecule has 4 rings (SSSR count). The fraction of sp³-hybridized carbons (Fsp3) is 0.350. The molecular formula is C20H22N5O2S4-. The molecule has 0 aromatic carbocycles. The predicted molar refractivity (Wildman–Crippen MR) is 128 cm³/mol. The van der Waals surface area contributed by atoms with E-state index in [2.05, 4.69) is 50.1 Å². The molecule has 31 heavy (non-hydrogen) atoms. The minimum atomic E-state index is -2.27. The number of thiophene rings is 1. The summed E-state index contributed by atoms with van der Waals surface area (Å²) in [5, 5.41) is 19.1. The van der Waals surface area contributed by atoms with Gasteiger partial charge in [0.1, 0.15) is 10.0 Å². The van der Waals surface area contributed by atoms with Crippen molar-refractivity contribution in [2.45, 2.75) is 44.7 Å². The van der Waals surface area contributed by atoms with Gasteiger partial charge < -0.3 is 9.87 Å². The highest BCUT2D eigenvalue weighted by molar-refractivity contribution is 7.77. The van der Waals surface area contributed by atoms with Crippen molar-refractivity contribution in [3.8, 4) is 9.88 Å². The summed E-state index contributed by atoms with van der Waals surface area (Å²) in [7, 11) is 0. The fourth-order valence-electron chi connectivity index (χ4n) is 3.23. The fourth-order valence-corrected chi connectivity index (χ4v) is 6.23. The average molecular weight is 493 g/mol. The summed E-state index contributed by atoms with van der Waals surface area (Å²) in [5.41, 5.74) is 2.10. The van der Waals surface area contributed by atoms with E-state index >= 15 is 0 Å². The Bertz CT molecular complexity index is 1070. The van der Waals surface area contributed by atoms with Crippen molar-refractivity contribution in [2.75, 3.05) is 5.32 Å². The number of nitrogens with zero attached hydrogens (tertiary/aromatic N) is 3. The van der Waals surface area contributed by atoms with E-state index < -0.39 is 11.3 Å². The molecule has 0 bridgehead atoms. The van der Waals surface area contributed by atoms with Crippen molar-refractivity contribution >= 4 is 50.4 Å². The number of nitrogens with one attached hydrogen (secondary N) is 2. The molecular weight excluding hydrogens is 471 g/mol. The van der Waals surface area contributed by atoms with Crippen molar-refractivity contribution in [3.63, 3.8) is 0 Å². The summed E-state index contributed by atoms with van der Waals surface area (Å²) >= 11 is 2.64. The lowest BCUT2D eigenvalue weighted by atomic mass is 9.97. The Morgan fingerprint density at radius 3 is 2.97 bits per heavy atom. The van der Waals surface area contributed by atoms with Gasteiger partial charge in [-0.15, -0.1) is 32.9 Å². The molecule has 0 saturated heterocycles. The van der Waals surface area contributed by atoms with Gasteiger partial charge in [0.25, 0.3) is 0 Å². The lowest BCUT2D eigenvalue weighted by Gasteiger charge is -2.21. The van der Waals surface area contributed by atoms with Crippen LogP contribution in [0.25, 0.3) is 9.88 Å². The van der Waals surface area contributed by atoms with Gasteiger partial charge in [-0.25, -0.2) is 9.71 Å². The molecule has 7 nitrogen and oxygen atoms in total. The van der Waals surface area contributed by atoms with E-state index in [-0.39, 0.29) is 12.1 Å². The first-order valence-corrected chi connectivity index (χ1v) is 13.6. The molecule has 0 amide bonds. The van der Waals surface area contributed by atoms with Gasteiger partial charge in [-0.3, -0.25) is 4.21 Å². The van der Waals surface area contributed by atoms with Crippen LogP contribution in [0.5, 0.6) is 0 Å². The molecule has 1 aliphatic carbocycles. The van der Waals surface area contributed by atoms with Crippen LogP contribution in [0.3, 0.4) is 0 Å². The topological polar surface area (TPSA) is 103 Å². The number of allylic oxidation sites excluding steroid dienone is 1. The Morgan fingerprint density at radius 1 is 1.35 bits per heavy atom. The van der Waals surface area contributed by atoms with Crippen LogP contribution in [0.15, 0.2) is 46.7 Å². The largest absolute Gasteiger partial charge is 0.760 e. The Balaban J connectivity index is 1.52. The highest BCUT2D eigenvalue weighted by atomic mass is 32.2. The quantitative estimate of drug-likeness (QED) is 0.392. The number of anilines is 1. The standard InChI is InChI=1S/C20H23N5O2S4/c1-2-4-18-23-24-20(30-18)22-15(11-13-6-8-14(9-7-13)25-31(26)27)16-12-29-19(21-16)17-5-3-10-28-17/h3,5-8,10,12,14-15,25H,2,4,9,11H2,1H3,(H,22,24)(H,26,27)/p-1/t14?,15-/m0/s1. The van der Waals surface area contributed by atoms with Gasteiger partial charge in [0.2, 0.25) is 5.13 Å². The van der Waals surface area contributed by atoms with E-state index in [1.54, 1.807) is 34.0 Å². The van der Waals surface area contributed by atoms with Crippen LogP contribution in [0.1, 0.15) is 42.9 Å². The highest BCUT2D eigenvalue weighted by Gasteiger charge is 2.20. The van der Waals surface area contributed by atoms with E-state index in [1.807, 2.05) is 18.2 Å². The van der Waals surface area contributed by atoms with E-state index in [0.717, 1.165) is 50.6 Å². The zero-order valence-corrected chi connectivity index (χ0v) is 20.1. The maximum atomic E-state index is 10.9. The van der Waals surface area contributed by atoms with Crippen molar-refractivity contribution in [3.05, 3.63) is 57.4 Å². The second-order valence-electron chi connectivity index (χ2n) is 7.04. The molecule has 0 radical (unpaired) electrons. The molecule has 0 aliphatic heterocycles. The number of rotatable bonds is 10. The molecule has 2 N–H and O–H groups in total. The van der Waals surface area contributed by atoms with Crippen molar-refractivity contribution in [1.82, 2.24) is 19.9 Å². The minimum Gasteiger partial charge on any atom is -0.760 e. The predicted octanol–water partition coefficient (Wildman–Crippen LogP) is 4.86. The number of aromatic nitrogens is 3. The summed E-state index contributed by atoms with van der Waals surface area (Å²) in [4.78, 5) is 6.05. The van der Waals surface area contributed by atoms with E-state index in [0.29, 0.717) is 6.42 Å². The molecule has 11 heteroatoms. The number of hydrogen-bond acceptors (Lipinski definition) is 9. The molecule has 0 spiro atoms. The Labute approximate surface area is 195 Å². The van der Waals surface area contributed by atoms with Crippen molar-refractivity contribution in [2.24, 2.45) is 0 Å². The van der Waals surface area contributed by atoms with Crippen LogP contribution in [0.2, 0.25) is 0 Å². The average Bonchev–Trinajstić information content (AvgIpc) is 3.50. The van der Waals surface area contributed by atoms with Gasteiger partial charge in [-0.1, -0.05) is 42.6 Å². The molecule has 164 valence electrons. The van der Waals surface area contributed by atoms with Gasteiger partial charge >= 0.3 is 0 Å². The monoisotopic (exact) mass is 492 g/mol. The second-order valence-corrected chi connectivity index (χ2v) is 10.6. The number of thiazole rings is 1. The van der Waals surface area contributed by atoms with Crippen molar-refractivity contribution < 1.29 is 8.76 Å². The first kappa shape index (κ1) is 22.4. The van der Waals surface area contributed by atoms with Crippen LogP contribution < -0.4 is 10.0 Å². The Kier molecular flexibility index (Phi) is 7.75. The van der Waals surface area contributed by atoms with Crippen LogP contribution >= 0.6 is 34.0 Å². The van der Waals surface area contributed by atoms with E-state index in [1.165, 1.54) is 0 Å². The maximum absolute atomic E-state index is 10.9. The smallest absolute Gasteiger partial charge is 0.206 e. The highest BCUT2D eigenvalue weighted by Crippen LogP contribution is 2.34. The molecule has 3 atom stereocenters. The molecule has 3 aromatic rings. The van der Waals surface area contributed by atoms with Crippen LogP contribution in [-0.4, -0.2) is 30.0 Å².